The first-order valence-electron chi connectivity index (χ1n) is 6.96. The highest BCUT2D eigenvalue weighted by Gasteiger charge is 2.19. The predicted molar refractivity (Wildman–Crippen MR) is 91.0 cm³/mol. The van der Waals surface area contributed by atoms with E-state index >= 15 is 0 Å². The van der Waals surface area contributed by atoms with E-state index in [1.807, 2.05) is 21.8 Å². The van der Waals surface area contributed by atoms with Crippen LogP contribution in [-0.4, -0.2) is 16.8 Å². The van der Waals surface area contributed by atoms with Crippen LogP contribution in [0.15, 0.2) is 82.6 Å². The molecular weight excluding hydrogens is 348 g/mol. The molecule has 0 unspecified atom stereocenters. The van der Waals surface area contributed by atoms with E-state index in [-0.39, 0.29) is 9.79 Å². The van der Waals surface area contributed by atoms with Crippen molar-refractivity contribution < 1.29 is 16.8 Å². The van der Waals surface area contributed by atoms with Crippen molar-refractivity contribution in [2.24, 2.45) is 0 Å². The lowest BCUT2D eigenvalue weighted by Crippen LogP contribution is -2.41. The number of sulfonamides is 2. The summed E-state index contributed by atoms with van der Waals surface area (Å²) >= 11 is 0. The normalized spacial score (nSPS) is 12.3. The molecule has 2 N–H and O–H groups in total. The van der Waals surface area contributed by atoms with Gasteiger partial charge in [-0.15, -0.1) is 9.66 Å². The van der Waals surface area contributed by atoms with Crippen LogP contribution in [0.3, 0.4) is 0 Å². The van der Waals surface area contributed by atoms with Crippen molar-refractivity contribution in [3.63, 3.8) is 0 Å². The average molecular weight is 362 g/mol. The van der Waals surface area contributed by atoms with E-state index in [0.29, 0.717) is 0 Å². The standard InChI is InChI=1S/C16H14N2O4S2/c19-23(20,15-8-2-1-3-9-15)17-18-24(21,22)16-11-10-13-6-4-5-7-14(13)12-16/h1-12,17-18H. The molecule has 0 fully saturated rings. The first-order chi connectivity index (χ1) is 11.4. The summed E-state index contributed by atoms with van der Waals surface area (Å²) in [5.74, 6) is 0. The van der Waals surface area contributed by atoms with Crippen LogP contribution in [0, 0.1) is 0 Å². The molecule has 0 saturated heterocycles. The van der Waals surface area contributed by atoms with E-state index in [9.17, 15) is 16.8 Å². The third-order valence-corrected chi connectivity index (χ3v) is 6.03. The second-order valence-corrected chi connectivity index (χ2v) is 8.40. The minimum atomic E-state index is -4.03. The fourth-order valence-corrected chi connectivity index (χ4v) is 4.32. The van der Waals surface area contributed by atoms with Crippen molar-refractivity contribution in [1.82, 2.24) is 9.66 Å². The molecule has 0 aliphatic heterocycles. The Morgan fingerprint density at radius 1 is 0.542 bits per heavy atom. The maximum absolute atomic E-state index is 12.3. The zero-order valence-electron chi connectivity index (χ0n) is 12.4. The van der Waals surface area contributed by atoms with E-state index in [1.165, 1.54) is 24.3 Å². The largest absolute Gasteiger partial charge is 0.254 e. The van der Waals surface area contributed by atoms with Crippen LogP contribution in [0.5, 0.6) is 0 Å². The molecule has 0 saturated carbocycles. The minimum absolute atomic E-state index is 0.0306. The quantitative estimate of drug-likeness (QED) is 0.679. The summed E-state index contributed by atoms with van der Waals surface area (Å²) in [6.07, 6.45) is 0. The van der Waals surface area contributed by atoms with Crippen molar-refractivity contribution >= 4 is 30.8 Å². The highest BCUT2D eigenvalue weighted by Crippen LogP contribution is 2.18. The Kier molecular flexibility index (Phi) is 4.37. The van der Waals surface area contributed by atoms with E-state index in [1.54, 1.807) is 36.4 Å². The first-order valence-corrected chi connectivity index (χ1v) is 9.93. The summed E-state index contributed by atoms with van der Waals surface area (Å²) in [6, 6.07) is 19.3. The van der Waals surface area contributed by atoms with Crippen LogP contribution in [-0.2, 0) is 20.0 Å². The van der Waals surface area contributed by atoms with Gasteiger partial charge in [-0.25, -0.2) is 16.8 Å². The Balaban J connectivity index is 1.85. The molecule has 0 radical (unpaired) electrons. The molecule has 0 heterocycles. The van der Waals surface area contributed by atoms with Gasteiger partial charge in [-0.3, -0.25) is 0 Å². The van der Waals surface area contributed by atoms with E-state index in [2.05, 4.69) is 0 Å². The van der Waals surface area contributed by atoms with Gasteiger partial charge in [0.25, 0.3) is 20.0 Å². The summed E-state index contributed by atoms with van der Waals surface area (Å²) in [5, 5.41) is 1.63. The fourth-order valence-electron chi connectivity index (χ4n) is 2.16. The summed E-state index contributed by atoms with van der Waals surface area (Å²) in [6.45, 7) is 0. The Hall–Kier alpha value is -2.26. The van der Waals surface area contributed by atoms with Gasteiger partial charge in [-0.1, -0.05) is 48.5 Å². The molecule has 0 bridgehead atoms. The first kappa shape index (κ1) is 16.6. The molecule has 124 valence electrons. The van der Waals surface area contributed by atoms with Gasteiger partial charge in [-0.2, -0.15) is 0 Å². The van der Waals surface area contributed by atoms with Crippen LogP contribution >= 0.6 is 0 Å². The molecule has 0 atom stereocenters. The number of benzene rings is 3. The van der Waals surface area contributed by atoms with Crippen molar-refractivity contribution in [3.8, 4) is 0 Å². The summed E-state index contributed by atoms with van der Waals surface area (Å²) in [7, 11) is -8.02. The number of rotatable bonds is 5. The molecule has 3 aromatic rings. The lowest BCUT2D eigenvalue weighted by atomic mass is 10.1. The van der Waals surface area contributed by atoms with Crippen LogP contribution < -0.4 is 9.66 Å². The van der Waals surface area contributed by atoms with Gasteiger partial charge in [0, 0.05) is 0 Å². The zero-order chi connectivity index (χ0) is 17.2. The highest BCUT2D eigenvalue weighted by molar-refractivity contribution is 7.92. The number of fused-ring (bicyclic) bond motifs is 1. The smallest absolute Gasteiger partial charge is 0.206 e. The fraction of sp³-hybridized carbons (Fsp3) is 0. The van der Waals surface area contributed by atoms with Gasteiger partial charge in [-0.05, 0) is 35.0 Å². The second kappa shape index (κ2) is 6.33. The van der Waals surface area contributed by atoms with E-state index in [4.69, 9.17) is 0 Å². The second-order valence-electron chi connectivity index (χ2n) is 5.03. The third kappa shape index (κ3) is 3.46. The molecule has 6 nitrogen and oxygen atoms in total. The van der Waals surface area contributed by atoms with Crippen molar-refractivity contribution in [2.75, 3.05) is 0 Å². The molecule has 0 aromatic heterocycles. The summed E-state index contributed by atoms with van der Waals surface area (Å²) in [5.41, 5.74) is 0. The van der Waals surface area contributed by atoms with Gasteiger partial charge in [0.1, 0.15) is 0 Å². The molecule has 24 heavy (non-hydrogen) atoms. The Morgan fingerprint density at radius 3 is 1.75 bits per heavy atom. The number of hydrazine groups is 1. The molecule has 8 heteroatoms. The maximum atomic E-state index is 12.3. The number of hydrogen-bond donors (Lipinski definition) is 2. The van der Waals surface area contributed by atoms with Crippen LogP contribution in [0.1, 0.15) is 0 Å². The maximum Gasteiger partial charge on any atom is 0.254 e. The third-order valence-electron chi connectivity index (χ3n) is 3.40. The molecule has 3 aromatic carbocycles. The van der Waals surface area contributed by atoms with E-state index < -0.39 is 20.0 Å². The topological polar surface area (TPSA) is 92.3 Å². The van der Waals surface area contributed by atoms with Crippen molar-refractivity contribution in [3.05, 3.63) is 72.8 Å². The lowest BCUT2D eigenvalue weighted by molar-refractivity contribution is 0.558. The lowest BCUT2D eigenvalue weighted by Gasteiger charge is -2.10. The molecule has 0 aliphatic carbocycles. The molecular formula is C16H14N2O4S2. The number of hydrogen-bond acceptors (Lipinski definition) is 4. The average Bonchev–Trinajstić information content (AvgIpc) is 2.60. The molecule has 0 aliphatic rings. The Labute approximate surface area is 140 Å². The highest BCUT2D eigenvalue weighted by atomic mass is 32.2. The number of nitrogens with one attached hydrogen (secondary N) is 2. The van der Waals surface area contributed by atoms with Gasteiger partial charge in [0.2, 0.25) is 0 Å². The van der Waals surface area contributed by atoms with Crippen molar-refractivity contribution in [2.45, 2.75) is 9.79 Å². The van der Waals surface area contributed by atoms with E-state index in [0.717, 1.165) is 10.8 Å². The summed E-state index contributed by atoms with van der Waals surface area (Å²) < 4.78 is 48.8. The van der Waals surface area contributed by atoms with Crippen LogP contribution in [0.25, 0.3) is 10.8 Å². The minimum Gasteiger partial charge on any atom is -0.206 e. The Bertz CT molecular complexity index is 1080. The SMILES string of the molecule is O=S(=O)(NNS(=O)(=O)c1ccc2ccccc2c1)c1ccccc1. The van der Waals surface area contributed by atoms with Crippen LogP contribution in [0.2, 0.25) is 0 Å². The summed E-state index contributed by atoms with van der Waals surface area (Å²) in [4.78, 5) is 3.74. The molecule has 3 rings (SSSR count). The van der Waals surface area contributed by atoms with Gasteiger partial charge in [0.05, 0.1) is 9.79 Å². The van der Waals surface area contributed by atoms with Gasteiger partial charge < -0.3 is 0 Å². The monoisotopic (exact) mass is 362 g/mol. The van der Waals surface area contributed by atoms with Gasteiger partial charge in [0.15, 0.2) is 0 Å². The predicted octanol–water partition coefficient (Wildman–Crippen LogP) is 2.01. The zero-order valence-corrected chi connectivity index (χ0v) is 14.0. The molecule has 0 amide bonds. The van der Waals surface area contributed by atoms with Crippen molar-refractivity contribution in [1.29, 1.82) is 0 Å². The van der Waals surface area contributed by atoms with Gasteiger partial charge >= 0.3 is 0 Å². The Morgan fingerprint density at radius 2 is 1.08 bits per heavy atom. The van der Waals surface area contributed by atoms with Crippen LogP contribution in [0.4, 0.5) is 0 Å². The molecule has 0 spiro atoms.